The molecule has 0 saturated heterocycles. The summed E-state index contributed by atoms with van der Waals surface area (Å²) in [6.45, 7) is 0.339. The first kappa shape index (κ1) is 12.0. The number of rotatable bonds is 4. The number of benzene rings is 1. The Balaban J connectivity index is 2.08. The monoisotopic (exact) mass is 247 g/mol. The molecule has 2 aromatic rings. The molecular formula is C12H10FN3O2. The molecule has 0 aliphatic rings. The molecular weight excluding hydrogens is 237 g/mol. The highest BCUT2D eigenvalue weighted by molar-refractivity contribution is 5.88. The van der Waals surface area contributed by atoms with Crippen molar-refractivity contribution in [2.45, 2.75) is 6.54 Å². The molecule has 0 aliphatic carbocycles. The molecule has 1 aromatic carbocycles. The highest BCUT2D eigenvalue weighted by Gasteiger charge is 2.08. The molecule has 2 rings (SSSR count). The van der Waals surface area contributed by atoms with E-state index in [1.54, 1.807) is 12.3 Å². The predicted molar refractivity (Wildman–Crippen MR) is 62.7 cm³/mol. The maximum Gasteiger partial charge on any atom is 0.335 e. The number of nitrogens with zero attached hydrogens (tertiary/aromatic N) is 2. The predicted octanol–water partition coefficient (Wildman–Crippen LogP) is 1.93. The number of hydrogen-bond acceptors (Lipinski definition) is 4. The zero-order chi connectivity index (χ0) is 13.0. The molecule has 0 atom stereocenters. The average molecular weight is 247 g/mol. The highest BCUT2D eigenvalue weighted by Crippen LogP contribution is 2.16. The van der Waals surface area contributed by atoms with Gasteiger partial charge in [-0.15, -0.1) is 0 Å². The van der Waals surface area contributed by atoms with Gasteiger partial charge in [0.1, 0.15) is 12.1 Å². The number of aromatic nitrogens is 2. The molecule has 6 heteroatoms. The fourth-order valence-electron chi connectivity index (χ4n) is 1.40. The summed E-state index contributed by atoms with van der Waals surface area (Å²) in [4.78, 5) is 18.4. The summed E-state index contributed by atoms with van der Waals surface area (Å²) >= 11 is 0. The Hall–Kier alpha value is -2.50. The smallest absolute Gasteiger partial charge is 0.335 e. The van der Waals surface area contributed by atoms with Crippen LogP contribution in [0.5, 0.6) is 0 Å². The van der Waals surface area contributed by atoms with Gasteiger partial charge in [0, 0.05) is 6.20 Å². The lowest BCUT2D eigenvalue weighted by atomic mass is 10.2. The van der Waals surface area contributed by atoms with Crippen molar-refractivity contribution in [2.75, 3.05) is 5.32 Å². The SMILES string of the molecule is O=C(O)c1ccc(NCc2ccncn2)c(F)c1. The van der Waals surface area contributed by atoms with Gasteiger partial charge in [0.2, 0.25) is 0 Å². The van der Waals surface area contributed by atoms with E-state index in [4.69, 9.17) is 5.11 Å². The first-order valence-corrected chi connectivity index (χ1v) is 5.18. The Morgan fingerprint density at radius 3 is 2.83 bits per heavy atom. The number of anilines is 1. The number of hydrogen-bond donors (Lipinski definition) is 2. The lowest BCUT2D eigenvalue weighted by Gasteiger charge is -2.07. The third-order valence-corrected chi connectivity index (χ3v) is 2.32. The van der Waals surface area contributed by atoms with Crippen molar-refractivity contribution in [3.8, 4) is 0 Å². The number of halogens is 1. The van der Waals surface area contributed by atoms with E-state index in [-0.39, 0.29) is 11.3 Å². The minimum Gasteiger partial charge on any atom is -0.478 e. The first-order valence-electron chi connectivity index (χ1n) is 5.18. The molecule has 1 heterocycles. The number of carboxylic acids is 1. The summed E-state index contributed by atoms with van der Waals surface area (Å²) in [5.74, 6) is -1.76. The van der Waals surface area contributed by atoms with Gasteiger partial charge in [-0.2, -0.15) is 0 Å². The van der Waals surface area contributed by atoms with E-state index >= 15 is 0 Å². The van der Waals surface area contributed by atoms with Crippen molar-refractivity contribution in [2.24, 2.45) is 0 Å². The molecule has 0 spiro atoms. The number of carboxylic acid groups (broad SMARTS) is 1. The van der Waals surface area contributed by atoms with E-state index < -0.39 is 11.8 Å². The lowest BCUT2D eigenvalue weighted by Crippen LogP contribution is -2.05. The van der Waals surface area contributed by atoms with Gasteiger partial charge in [-0.05, 0) is 24.3 Å². The molecule has 0 fully saturated rings. The topological polar surface area (TPSA) is 75.1 Å². The maximum absolute atomic E-state index is 13.6. The normalized spacial score (nSPS) is 10.1. The Morgan fingerprint density at radius 2 is 2.22 bits per heavy atom. The standard InChI is InChI=1S/C12H10FN3O2/c13-10-5-8(12(17)18)1-2-11(10)15-6-9-3-4-14-7-16-9/h1-5,7,15H,6H2,(H,17,18). The van der Waals surface area contributed by atoms with E-state index in [0.717, 1.165) is 6.07 Å². The Morgan fingerprint density at radius 1 is 1.39 bits per heavy atom. The van der Waals surface area contributed by atoms with Crippen LogP contribution in [0.25, 0.3) is 0 Å². The molecule has 18 heavy (non-hydrogen) atoms. The molecule has 0 radical (unpaired) electrons. The highest BCUT2D eigenvalue weighted by atomic mass is 19.1. The number of nitrogens with one attached hydrogen (secondary N) is 1. The van der Waals surface area contributed by atoms with Crippen LogP contribution in [0.1, 0.15) is 16.1 Å². The third-order valence-electron chi connectivity index (χ3n) is 2.32. The van der Waals surface area contributed by atoms with Crippen molar-refractivity contribution in [1.82, 2.24) is 9.97 Å². The van der Waals surface area contributed by atoms with Gasteiger partial charge < -0.3 is 10.4 Å². The maximum atomic E-state index is 13.6. The zero-order valence-electron chi connectivity index (χ0n) is 9.30. The van der Waals surface area contributed by atoms with Crippen molar-refractivity contribution in [3.63, 3.8) is 0 Å². The molecule has 92 valence electrons. The Bertz CT molecular complexity index is 561. The van der Waals surface area contributed by atoms with Crippen LogP contribution in [0.3, 0.4) is 0 Å². The summed E-state index contributed by atoms with van der Waals surface area (Å²) in [7, 11) is 0. The van der Waals surface area contributed by atoms with Gasteiger partial charge in [-0.25, -0.2) is 19.2 Å². The van der Waals surface area contributed by atoms with Crippen LogP contribution in [-0.2, 0) is 6.54 Å². The van der Waals surface area contributed by atoms with Crippen LogP contribution in [0.4, 0.5) is 10.1 Å². The van der Waals surface area contributed by atoms with Crippen LogP contribution in [-0.4, -0.2) is 21.0 Å². The summed E-state index contributed by atoms with van der Waals surface area (Å²) in [5, 5.41) is 11.5. The fraction of sp³-hybridized carbons (Fsp3) is 0.0833. The quantitative estimate of drug-likeness (QED) is 0.863. The summed E-state index contributed by atoms with van der Waals surface area (Å²) in [6.07, 6.45) is 2.99. The fourth-order valence-corrected chi connectivity index (χ4v) is 1.40. The molecule has 0 unspecified atom stereocenters. The second kappa shape index (κ2) is 5.22. The molecule has 1 aromatic heterocycles. The molecule has 0 aliphatic heterocycles. The van der Waals surface area contributed by atoms with Crippen LogP contribution in [0.2, 0.25) is 0 Å². The molecule has 2 N–H and O–H groups in total. The summed E-state index contributed by atoms with van der Waals surface area (Å²) in [6, 6.07) is 5.41. The van der Waals surface area contributed by atoms with Crippen molar-refractivity contribution >= 4 is 11.7 Å². The lowest BCUT2D eigenvalue weighted by molar-refractivity contribution is 0.0696. The van der Waals surface area contributed by atoms with E-state index in [1.807, 2.05) is 0 Å². The van der Waals surface area contributed by atoms with Crippen LogP contribution >= 0.6 is 0 Å². The molecule has 5 nitrogen and oxygen atoms in total. The average Bonchev–Trinajstić information content (AvgIpc) is 2.38. The van der Waals surface area contributed by atoms with Crippen LogP contribution in [0, 0.1) is 5.82 Å². The Labute approximate surface area is 102 Å². The second-order valence-corrected chi connectivity index (χ2v) is 3.55. The molecule has 0 bridgehead atoms. The Kier molecular flexibility index (Phi) is 3.47. The van der Waals surface area contributed by atoms with Crippen LogP contribution < -0.4 is 5.32 Å². The summed E-state index contributed by atoms with van der Waals surface area (Å²) in [5.41, 5.74) is 0.866. The van der Waals surface area contributed by atoms with Crippen molar-refractivity contribution in [3.05, 3.63) is 53.9 Å². The van der Waals surface area contributed by atoms with Crippen LogP contribution in [0.15, 0.2) is 36.8 Å². The molecule has 0 amide bonds. The van der Waals surface area contributed by atoms with Gasteiger partial charge in [0.25, 0.3) is 0 Å². The minimum absolute atomic E-state index is 0.0833. The van der Waals surface area contributed by atoms with E-state index in [0.29, 0.717) is 12.2 Å². The summed E-state index contributed by atoms with van der Waals surface area (Å²) < 4.78 is 13.6. The van der Waals surface area contributed by atoms with Crippen molar-refractivity contribution in [1.29, 1.82) is 0 Å². The van der Waals surface area contributed by atoms with Gasteiger partial charge in [0.05, 0.1) is 23.5 Å². The van der Waals surface area contributed by atoms with E-state index in [1.165, 1.54) is 18.5 Å². The third kappa shape index (κ3) is 2.79. The van der Waals surface area contributed by atoms with Gasteiger partial charge >= 0.3 is 5.97 Å². The van der Waals surface area contributed by atoms with E-state index in [2.05, 4.69) is 15.3 Å². The number of aromatic carboxylic acids is 1. The van der Waals surface area contributed by atoms with Gasteiger partial charge in [0.15, 0.2) is 0 Å². The minimum atomic E-state index is -1.16. The van der Waals surface area contributed by atoms with Gasteiger partial charge in [-0.3, -0.25) is 0 Å². The number of carbonyl (C=O) groups is 1. The zero-order valence-corrected chi connectivity index (χ0v) is 9.30. The molecule has 0 saturated carbocycles. The first-order chi connectivity index (χ1) is 8.66. The largest absolute Gasteiger partial charge is 0.478 e. The van der Waals surface area contributed by atoms with E-state index in [9.17, 15) is 9.18 Å². The van der Waals surface area contributed by atoms with Crippen molar-refractivity contribution < 1.29 is 14.3 Å². The van der Waals surface area contributed by atoms with Gasteiger partial charge in [-0.1, -0.05) is 0 Å². The second-order valence-electron chi connectivity index (χ2n) is 3.55.